The Morgan fingerprint density at radius 1 is 1.06 bits per heavy atom. The molecule has 0 radical (unpaired) electrons. The second-order valence-electron chi connectivity index (χ2n) is 4.84. The van der Waals surface area contributed by atoms with E-state index in [1.54, 1.807) is 0 Å². The summed E-state index contributed by atoms with van der Waals surface area (Å²) in [5.41, 5.74) is 2.20. The normalized spacial score (nSPS) is 25.8. The molecule has 2 nitrogen and oxygen atoms in total. The van der Waals surface area contributed by atoms with Crippen LogP contribution in [0.25, 0.3) is 0 Å². The summed E-state index contributed by atoms with van der Waals surface area (Å²) in [5, 5.41) is 0. The molecule has 1 aromatic rings. The van der Waals surface area contributed by atoms with Crippen LogP contribution in [0.1, 0.15) is 35.2 Å². The van der Waals surface area contributed by atoms with E-state index >= 15 is 0 Å². The van der Waals surface area contributed by atoms with Crippen molar-refractivity contribution in [2.24, 2.45) is 0 Å². The lowest BCUT2D eigenvalue weighted by molar-refractivity contribution is 0.0811. The molecule has 0 bridgehead atoms. The van der Waals surface area contributed by atoms with Crippen molar-refractivity contribution in [2.75, 3.05) is 13.1 Å². The second kappa shape index (κ2) is 4.02. The highest BCUT2D eigenvalue weighted by atomic mass is 16.1. The maximum absolute atomic E-state index is 12.3. The van der Waals surface area contributed by atoms with E-state index in [-0.39, 0.29) is 6.04 Å². The van der Waals surface area contributed by atoms with Crippen molar-refractivity contribution in [1.29, 1.82) is 0 Å². The number of ketones is 1. The van der Waals surface area contributed by atoms with E-state index in [1.807, 2.05) is 18.2 Å². The lowest BCUT2D eigenvalue weighted by atomic mass is 10.1. The maximum atomic E-state index is 12.3. The average molecular weight is 215 g/mol. The van der Waals surface area contributed by atoms with Crippen molar-refractivity contribution < 1.29 is 4.79 Å². The van der Waals surface area contributed by atoms with Crippen LogP contribution in [0.5, 0.6) is 0 Å². The van der Waals surface area contributed by atoms with Gasteiger partial charge in [-0.15, -0.1) is 0 Å². The van der Waals surface area contributed by atoms with Crippen molar-refractivity contribution >= 4 is 5.78 Å². The fourth-order valence-corrected chi connectivity index (χ4v) is 2.94. The van der Waals surface area contributed by atoms with Crippen LogP contribution in [0, 0.1) is 0 Å². The number of fused-ring (bicyclic) bond motifs is 1. The third-order valence-electron chi connectivity index (χ3n) is 3.83. The minimum absolute atomic E-state index is 0.137. The first-order chi connectivity index (χ1) is 7.86. The number of benzene rings is 1. The van der Waals surface area contributed by atoms with E-state index in [2.05, 4.69) is 11.0 Å². The van der Waals surface area contributed by atoms with Gasteiger partial charge in [0.2, 0.25) is 0 Å². The molecule has 0 spiro atoms. The third-order valence-corrected chi connectivity index (χ3v) is 3.83. The van der Waals surface area contributed by atoms with Gasteiger partial charge in [-0.1, -0.05) is 30.7 Å². The molecule has 1 heterocycles. The molecule has 3 rings (SSSR count). The lowest BCUT2D eigenvalue weighted by Crippen LogP contribution is -2.42. The van der Waals surface area contributed by atoms with Gasteiger partial charge >= 0.3 is 0 Å². The summed E-state index contributed by atoms with van der Waals surface area (Å²) < 4.78 is 0. The van der Waals surface area contributed by atoms with Crippen molar-refractivity contribution in [3.8, 4) is 0 Å². The number of carbonyl (C=O) groups excluding carboxylic acids is 1. The molecule has 2 heteroatoms. The zero-order valence-corrected chi connectivity index (χ0v) is 9.48. The van der Waals surface area contributed by atoms with Crippen LogP contribution in [0.3, 0.4) is 0 Å². The Hall–Kier alpha value is -1.15. The summed E-state index contributed by atoms with van der Waals surface area (Å²) >= 11 is 0. The molecule has 1 saturated heterocycles. The molecule has 1 atom stereocenters. The van der Waals surface area contributed by atoms with Crippen LogP contribution < -0.4 is 0 Å². The highest BCUT2D eigenvalue weighted by Crippen LogP contribution is 2.27. The van der Waals surface area contributed by atoms with E-state index in [0.717, 1.165) is 25.1 Å². The fourth-order valence-electron chi connectivity index (χ4n) is 2.94. The molecule has 1 aliphatic heterocycles. The van der Waals surface area contributed by atoms with E-state index in [1.165, 1.54) is 24.8 Å². The minimum atomic E-state index is 0.137. The van der Waals surface area contributed by atoms with Gasteiger partial charge < -0.3 is 0 Å². The fraction of sp³-hybridized carbons (Fsp3) is 0.500. The number of rotatable bonds is 1. The number of piperidine rings is 1. The first-order valence-electron chi connectivity index (χ1n) is 6.22. The molecule has 1 unspecified atom stereocenters. The van der Waals surface area contributed by atoms with E-state index < -0.39 is 0 Å². The smallest absolute Gasteiger partial charge is 0.180 e. The quantitative estimate of drug-likeness (QED) is 0.716. The number of carbonyl (C=O) groups is 1. The molecular weight excluding hydrogens is 198 g/mol. The Labute approximate surface area is 96.3 Å². The van der Waals surface area contributed by atoms with Crippen LogP contribution in [0.15, 0.2) is 24.3 Å². The first kappa shape index (κ1) is 10.0. The maximum Gasteiger partial charge on any atom is 0.180 e. The summed E-state index contributed by atoms with van der Waals surface area (Å²) in [6, 6.07) is 8.21. The largest absolute Gasteiger partial charge is 0.293 e. The number of likely N-dealkylation sites (tertiary alicyclic amines) is 1. The summed E-state index contributed by atoms with van der Waals surface area (Å²) in [5.74, 6) is 0.345. The Balaban J connectivity index is 1.83. The molecule has 16 heavy (non-hydrogen) atoms. The van der Waals surface area contributed by atoms with Crippen LogP contribution in [0.2, 0.25) is 0 Å². The summed E-state index contributed by atoms with van der Waals surface area (Å²) in [7, 11) is 0. The Kier molecular flexibility index (Phi) is 2.52. The van der Waals surface area contributed by atoms with Gasteiger partial charge in [-0.2, -0.15) is 0 Å². The van der Waals surface area contributed by atoms with Crippen LogP contribution in [0.4, 0.5) is 0 Å². The highest BCUT2D eigenvalue weighted by Gasteiger charge is 2.34. The standard InChI is InChI=1S/C14H17NO/c16-14-12-7-3-2-6-11(12)10-13(14)15-8-4-1-5-9-15/h2-3,6-7,13H,1,4-5,8-10H2. The summed E-state index contributed by atoms with van der Waals surface area (Å²) in [4.78, 5) is 14.6. The van der Waals surface area contributed by atoms with E-state index in [9.17, 15) is 4.79 Å². The Bertz CT molecular complexity index is 407. The Morgan fingerprint density at radius 3 is 2.56 bits per heavy atom. The molecule has 2 aliphatic rings. The van der Waals surface area contributed by atoms with Gasteiger partial charge in [-0.25, -0.2) is 0 Å². The predicted octanol–water partition coefficient (Wildman–Crippen LogP) is 2.28. The van der Waals surface area contributed by atoms with Crippen LogP contribution in [-0.4, -0.2) is 29.8 Å². The highest BCUT2D eigenvalue weighted by molar-refractivity contribution is 6.04. The van der Waals surface area contributed by atoms with Crippen molar-refractivity contribution in [2.45, 2.75) is 31.7 Å². The van der Waals surface area contributed by atoms with Crippen molar-refractivity contribution in [1.82, 2.24) is 4.90 Å². The zero-order chi connectivity index (χ0) is 11.0. The number of nitrogens with zero attached hydrogens (tertiary/aromatic N) is 1. The van der Waals surface area contributed by atoms with Crippen LogP contribution >= 0.6 is 0 Å². The predicted molar refractivity (Wildman–Crippen MR) is 63.7 cm³/mol. The van der Waals surface area contributed by atoms with Gasteiger partial charge in [0.1, 0.15) is 0 Å². The second-order valence-corrected chi connectivity index (χ2v) is 4.84. The minimum Gasteiger partial charge on any atom is -0.293 e. The van der Waals surface area contributed by atoms with Gasteiger partial charge in [0.05, 0.1) is 6.04 Å². The zero-order valence-electron chi connectivity index (χ0n) is 9.48. The monoisotopic (exact) mass is 215 g/mol. The molecule has 0 aromatic heterocycles. The van der Waals surface area contributed by atoms with Gasteiger partial charge in [0, 0.05) is 5.56 Å². The van der Waals surface area contributed by atoms with Crippen LogP contribution in [-0.2, 0) is 6.42 Å². The number of hydrogen-bond donors (Lipinski definition) is 0. The molecule has 0 amide bonds. The molecular formula is C14H17NO. The van der Waals surface area contributed by atoms with Gasteiger partial charge in [-0.05, 0) is 37.9 Å². The molecule has 0 saturated carbocycles. The SMILES string of the molecule is O=C1c2ccccc2CC1N1CCCCC1. The molecule has 1 aromatic carbocycles. The molecule has 1 fully saturated rings. The van der Waals surface area contributed by atoms with Gasteiger partial charge in [0.15, 0.2) is 5.78 Å². The average Bonchev–Trinajstić information content (AvgIpc) is 2.69. The van der Waals surface area contributed by atoms with Gasteiger partial charge in [-0.3, -0.25) is 9.69 Å². The van der Waals surface area contributed by atoms with Crippen molar-refractivity contribution in [3.05, 3.63) is 35.4 Å². The topological polar surface area (TPSA) is 20.3 Å². The van der Waals surface area contributed by atoms with Crippen molar-refractivity contribution in [3.63, 3.8) is 0 Å². The summed E-state index contributed by atoms with van der Waals surface area (Å²) in [6.07, 6.45) is 4.75. The summed E-state index contributed by atoms with van der Waals surface area (Å²) in [6.45, 7) is 2.20. The third kappa shape index (κ3) is 1.57. The molecule has 84 valence electrons. The number of Topliss-reactive ketones (excluding diaryl/α,β-unsaturated/α-hetero) is 1. The molecule has 1 aliphatic carbocycles. The van der Waals surface area contributed by atoms with E-state index in [4.69, 9.17) is 0 Å². The molecule has 0 N–H and O–H groups in total. The lowest BCUT2D eigenvalue weighted by Gasteiger charge is -2.31. The van der Waals surface area contributed by atoms with E-state index in [0.29, 0.717) is 5.78 Å². The first-order valence-corrected chi connectivity index (χ1v) is 6.22. The van der Waals surface area contributed by atoms with Gasteiger partial charge in [0.25, 0.3) is 0 Å². The Morgan fingerprint density at radius 2 is 1.81 bits per heavy atom. The number of hydrogen-bond acceptors (Lipinski definition) is 2.